The second-order valence-electron chi connectivity index (χ2n) is 4.66. The molecule has 5 nitrogen and oxygen atoms in total. The topological polar surface area (TPSA) is 76.4 Å². The fourth-order valence-corrected chi connectivity index (χ4v) is 2.04. The largest absolute Gasteiger partial charge is 0.383 e. The number of rotatable bonds is 6. The van der Waals surface area contributed by atoms with E-state index in [9.17, 15) is 4.79 Å². The summed E-state index contributed by atoms with van der Waals surface area (Å²) in [6.07, 6.45) is 2.35. The normalized spacial score (nSPS) is 14.4. The van der Waals surface area contributed by atoms with Crippen LogP contribution in [0.15, 0.2) is 22.7 Å². The third kappa shape index (κ3) is 6.40. The number of carbonyl (C=O) groups excluding carboxylic acids is 1. The van der Waals surface area contributed by atoms with E-state index in [1.165, 1.54) is 20.0 Å². The molecule has 1 aromatic carbocycles. The fraction of sp³-hybridized carbons (Fsp3) is 0.462. The fourth-order valence-electron chi connectivity index (χ4n) is 1.67. The highest BCUT2D eigenvalue weighted by atomic mass is 79.9. The Bertz CT molecular complexity index is 473. The van der Waals surface area contributed by atoms with Gasteiger partial charge in [-0.3, -0.25) is 4.79 Å². The van der Waals surface area contributed by atoms with Crippen LogP contribution in [0.2, 0.25) is 0 Å². The summed E-state index contributed by atoms with van der Waals surface area (Å²) in [6.45, 7) is 0.200. The van der Waals surface area contributed by atoms with E-state index in [-0.39, 0.29) is 37.3 Å². The van der Waals surface area contributed by atoms with Gasteiger partial charge in [0.25, 0.3) is 0 Å². The molecule has 8 heteroatoms. The van der Waals surface area contributed by atoms with Crippen LogP contribution in [0, 0.1) is 0 Å². The summed E-state index contributed by atoms with van der Waals surface area (Å²) in [6, 6.07) is 5.60. The number of nitrogens with two attached hydrogens (primary N) is 1. The Morgan fingerprint density at radius 1 is 1.43 bits per heavy atom. The highest BCUT2D eigenvalue weighted by Crippen LogP contribution is 2.31. The zero-order chi connectivity index (χ0) is 13.8. The maximum Gasteiger partial charge on any atom is 0.243 e. The molecule has 120 valence electrons. The van der Waals surface area contributed by atoms with E-state index < -0.39 is 6.04 Å². The van der Waals surface area contributed by atoms with Crippen LogP contribution in [-0.4, -0.2) is 31.7 Å². The summed E-state index contributed by atoms with van der Waals surface area (Å²) in [5.74, 6) is -0.251. The average Bonchev–Trinajstić information content (AvgIpc) is 3.17. The maximum absolute atomic E-state index is 11.9. The SMILES string of the molecule is COCC(N)C(=O)Nc1cc(Br)ccc1NC1CC1.Cl.Cl. The van der Waals surface area contributed by atoms with Crippen LogP contribution in [0.25, 0.3) is 0 Å². The first kappa shape index (κ1) is 20.5. The van der Waals surface area contributed by atoms with E-state index in [0.717, 1.165) is 15.8 Å². The summed E-state index contributed by atoms with van der Waals surface area (Å²) >= 11 is 3.40. The molecule has 1 unspecified atom stereocenters. The van der Waals surface area contributed by atoms with Crippen LogP contribution in [-0.2, 0) is 9.53 Å². The molecule has 0 spiro atoms. The van der Waals surface area contributed by atoms with E-state index in [4.69, 9.17) is 10.5 Å². The standard InChI is InChI=1S/C13H18BrN3O2.2ClH/c1-19-7-10(15)13(18)17-12-6-8(14)2-5-11(12)16-9-3-4-9;;/h2,5-6,9-10,16H,3-4,7,15H2,1H3,(H,17,18);2*1H. The third-order valence-corrected chi connectivity index (χ3v) is 3.35. The quantitative estimate of drug-likeness (QED) is 0.686. The highest BCUT2D eigenvalue weighted by molar-refractivity contribution is 9.10. The first-order valence-corrected chi connectivity index (χ1v) is 7.01. The minimum absolute atomic E-state index is 0. The van der Waals surface area contributed by atoms with Gasteiger partial charge in [0.1, 0.15) is 6.04 Å². The maximum atomic E-state index is 11.9. The molecule has 0 aromatic heterocycles. The Balaban J connectivity index is 0.00000200. The van der Waals surface area contributed by atoms with Gasteiger partial charge in [0, 0.05) is 17.6 Å². The van der Waals surface area contributed by atoms with Crippen molar-refractivity contribution in [1.29, 1.82) is 0 Å². The molecule has 0 radical (unpaired) electrons. The molecule has 21 heavy (non-hydrogen) atoms. The second kappa shape index (κ2) is 9.48. The van der Waals surface area contributed by atoms with Crippen molar-refractivity contribution in [3.8, 4) is 0 Å². The molecule has 0 aliphatic heterocycles. The zero-order valence-electron chi connectivity index (χ0n) is 11.6. The summed E-state index contributed by atoms with van der Waals surface area (Å²) in [4.78, 5) is 11.9. The van der Waals surface area contributed by atoms with Crippen LogP contribution in [0.3, 0.4) is 0 Å². The summed E-state index contributed by atoms with van der Waals surface area (Å²) in [5.41, 5.74) is 7.36. The molecule has 1 fully saturated rings. The van der Waals surface area contributed by atoms with Crippen molar-refractivity contribution in [1.82, 2.24) is 0 Å². The zero-order valence-corrected chi connectivity index (χ0v) is 14.8. The molecular formula is C13H20BrCl2N3O2. The number of anilines is 2. The Kier molecular flexibility index (Phi) is 9.24. The average molecular weight is 401 g/mol. The minimum Gasteiger partial charge on any atom is -0.383 e. The lowest BCUT2D eigenvalue weighted by molar-refractivity contribution is -0.118. The van der Waals surface area contributed by atoms with E-state index in [2.05, 4.69) is 26.6 Å². The van der Waals surface area contributed by atoms with Crippen molar-refractivity contribution in [3.05, 3.63) is 22.7 Å². The molecule has 1 aromatic rings. The minimum atomic E-state index is -0.669. The summed E-state index contributed by atoms with van der Waals surface area (Å²) < 4.78 is 5.79. The van der Waals surface area contributed by atoms with Gasteiger partial charge in [0.05, 0.1) is 18.0 Å². The molecule has 0 saturated heterocycles. The van der Waals surface area contributed by atoms with Gasteiger partial charge in [-0.05, 0) is 31.0 Å². The van der Waals surface area contributed by atoms with Crippen molar-refractivity contribution in [2.75, 3.05) is 24.4 Å². The second-order valence-corrected chi connectivity index (χ2v) is 5.58. The number of ether oxygens (including phenoxy) is 1. The highest BCUT2D eigenvalue weighted by Gasteiger charge is 2.22. The molecule has 4 N–H and O–H groups in total. The van der Waals surface area contributed by atoms with Gasteiger partial charge in [0.15, 0.2) is 0 Å². The molecule has 1 atom stereocenters. The summed E-state index contributed by atoms with van der Waals surface area (Å²) in [7, 11) is 1.52. The molecular weight excluding hydrogens is 381 g/mol. The van der Waals surface area contributed by atoms with Gasteiger partial charge in [-0.15, -0.1) is 24.8 Å². The van der Waals surface area contributed by atoms with Gasteiger partial charge in [0.2, 0.25) is 5.91 Å². The molecule has 1 aliphatic rings. The predicted octanol–water partition coefficient (Wildman–Crippen LogP) is 2.78. The molecule has 0 bridgehead atoms. The summed E-state index contributed by atoms with van der Waals surface area (Å²) in [5, 5.41) is 6.21. The number of methoxy groups -OCH3 is 1. The lowest BCUT2D eigenvalue weighted by Gasteiger charge is -2.15. The number of benzene rings is 1. The monoisotopic (exact) mass is 399 g/mol. The van der Waals surface area contributed by atoms with E-state index >= 15 is 0 Å². The Morgan fingerprint density at radius 2 is 2.10 bits per heavy atom. The van der Waals surface area contributed by atoms with Crippen LogP contribution < -0.4 is 16.4 Å². The Morgan fingerprint density at radius 3 is 2.67 bits per heavy atom. The van der Waals surface area contributed by atoms with Crippen LogP contribution in [0.1, 0.15) is 12.8 Å². The lowest BCUT2D eigenvalue weighted by atomic mass is 10.2. The lowest BCUT2D eigenvalue weighted by Crippen LogP contribution is -2.39. The van der Waals surface area contributed by atoms with Crippen molar-refractivity contribution in [2.45, 2.75) is 24.9 Å². The van der Waals surface area contributed by atoms with Crippen molar-refractivity contribution >= 4 is 58.0 Å². The van der Waals surface area contributed by atoms with Crippen LogP contribution in [0.5, 0.6) is 0 Å². The van der Waals surface area contributed by atoms with E-state index in [0.29, 0.717) is 6.04 Å². The van der Waals surface area contributed by atoms with Gasteiger partial charge in [-0.1, -0.05) is 15.9 Å². The number of halogens is 3. The van der Waals surface area contributed by atoms with Crippen molar-refractivity contribution < 1.29 is 9.53 Å². The van der Waals surface area contributed by atoms with E-state index in [1.54, 1.807) is 0 Å². The number of carbonyl (C=O) groups is 1. The third-order valence-electron chi connectivity index (χ3n) is 2.86. The molecule has 1 aliphatic carbocycles. The number of hydrogen-bond acceptors (Lipinski definition) is 4. The predicted molar refractivity (Wildman–Crippen MR) is 93.8 cm³/mol. The molecule has 1 amide bonds. The van der Waals surface area contributed by atoms with Gasteiger partial charge >= 0.3 is 0 Å². The van der Waals surface area contributed by atoms with Gasteiger partial charge < -0.3 is 21.1 Å². The van der Waals surface area contributed by atoms with Gasteiger partial charge in [-0.25, -0.2) is 0 Å². The Labute approximate surface area is 145 Å². The smallest absolute Gasteiger partial charge is 0.243 e. The Hall–Kier alpha value is -0.530. The van der Waals surface area contributed by atoms with Gasteiger partial charge in [-0.2, -0.15) is 0 Å². The molecule has 0 heterocycles. The first-order chi connectivity index (χ1) is 9.10. The number of nitrogens with one attached hydrogen (secondary N) is 2. The van der Waals surface area contributed by atoms with Crippen LogP contribution >= 0.6 is 40.7 Å². The number of hydrogen-bond donors (Lipinski definition) is 3. The first-order valence-electron chi connectivity index (χ1n) is 6.21. The number of amides is 1. The molecule has 1 saturated carbocycles. The van der Waals surface area contributed by atoms with E-state index in [1.807, 2.05) is 18.2 Å². The van der Waals surface area contributed by atoms with Crippen LogP contribution in [0.4, 0.5) is 11.4 Å². The molecule has 2 rings (SSSR count). The van der Waals surface area contributed by atoms with Crippen molar-refractivity contribution in [3.63, 3.8) is 0 Å². The van der Waals surface area contributed by atoms with Crippen molar-refractivity contribution in [2.24, 2.45) is 5.73 Å².